The Morgan fingerprint density at radius 2 is 1.81 bits per heavy atom. The second-order valence-corrected chi connectivity index (χ2v) is 7.54. The fourth-order valence-electron chi connectivity index (χ4n) is 3.18. The summed E-state index contributed by atoms with van der Waals surface area (Å²) in [6.45, 7) is 2.19. The molecule has 0 aliphatic carbocycles. The molecular formula is C21H22ClNO8. The van der Waals surface area contributed by atoms with Gasteiger partial charge < -0.3 is 34.8 Å². The Bertz CT molecular complexity index is 981. The first-order valence-corrected chi connectivity index (χ1v) is 9.76. The number of methoxy groups -OCH3 is 1. The standard InChI is InChI=1S/C21H22ClNO8/c1-11(23-10-15(24)13-4-5-14(22)17(9-13)29-2)7-12-3-6-16-18(8-12)31-21(30-16,19(25)26)20(27)28/h3-6,8-9,11,15,23-24H,7,10H2,1-2H3,(H,25,26)(H,27,28). The molecule has 10 heteroatoms. The molecule has 2 aromatic carbocycles. The Hall–Kier alpha value is -3.01. The van der Waals surface area contributed by atoms with Crippen LogP contribution in [0.2, 0.25) is 5.02 Å². The van der Waals surface area contributed by atoms with Gasteiger partial charge in [0.05, 0.1) is 18.2 Å². The molecule has 1 aliphatic heterocycles. The number of aliphatic hydroxyl groups excluding tert-OH is 1. The minimum absolute atomic E-state index is 0.0428. The summed E-state index contributed by atoms with van der Waals surface area (Å²) in [6, 6.07) is 9.70. The minimum Gasteiger partial charge on any atom is -0.495 e. The third-order valence-corrected chi connectivity index (χ3v) is 5.15. The van der Waals surface area contributed by atoms with Gasteiger partial charge >= 0.3 is 17.7 Å². The Morgan fingerprint density at radius 1 is 1.13 bits per heavy atom. The largest absolute Gasteiger partial charge is 0.495 e. The number of carboxylic acids is 2. The summed E-state index contributed by atoms with van der Waals surface area (Å²) in [7, 11) is 1.50. The molecule has 0 fully saturated rings. The van der Waals surface area contributed by atoms with Crippen molar-refractivity contribution in [1.82, 2.24) is 5.32 Å². The summed E-state index contributed by atoms with van der Waals surface area (Å²) in [6.07, 6.45) is -0.266. The smallest absolute Gasteiger partial charge is 0.453 e. The predicted molar refractivity (Wildman–Crippen MR) is 110 cm³/mol. The third-order valence-electron chi connectivity index (χ3n) is 4.84. The van der Waals surface area contributed by atoms with Crippen molar-refractivity contribution in [2.24, 2.45) is 0 Å². The topological polar surface area (TPSA) is 135 Å². The van der Waals surface area contributed by atoms with Crippen LogP contribution >= 0.6 is 11.6 Å². The summed E-state index contributed by atoms with van der Waals surface area (Å²) in [5, 5.41) is 32.5. The predicted octanol–water partition coefficient (Wildman–Crippen LogP) is 2.24. The molecule has 1 aliphatic rings. The maximum atomic E-state index is 11.3. The van der Waals surface area contributed by atoms with Crippen LogP contribution in [0.15, 0.2) is 36.4 Å². The van der Waals surface area contributed by atoms with Crippen LogP contribution in [-0.2, 0) is 16.0 Å². The van der Waals surface area contributed by atoms with Gasteiger partial charge in [0.2, 0.25) is 0 Å². The number of aliphatic carboxylic acids is 2. The van der Waals surface area contributed by atoms with E-state index in [4.69, 9.17) is 25.8 Å². The van der Waals surface area contributed by atoms with Gasteiger partial charge in [-0.3, -0.25) is 0 Å². The van der Waals surface area contributed by atoms with Crippen LogP contribution in [0.1, 0.15) is 24.2 Å². The van der Waals surface area contributed by atoms with Gasteiger partial charge in [-0.05, 0) is 48.7 Å². The molecular weight excluding hydrogens is 430 g/mol. The average Bonchev–Trinajstić information content (AvgIpc) is 3.13. The van der Waals surface area contributed by atoms with Gasteiger partial charge in [-0.1, -0.05) is 23.7 Å². The molecule has 2 unspecified atom stereocenters. The number of ether oxygens (including phenoxy) is 3. The van der Waals surface area contributed by atoms with Gasteiger partial charge in [0.1, 0.15) is 5.75 Å². The third kappa shape index (κ3) is 4.68. The van der Waals surface area contributed by atoms with Gasteiger partial charge in [-0.2, -0.15) is 0 Å². The average molecular weight is 452 g/mol. The minimum atomic E-state index is -2.78. The number of halogens is 1. The normalized spacial score (nSPS) is 15.9. The van der Waals surface area contributed by atoms with Crippen molar-refractivity contribution >= 4 is 23.5 Å². The van der Waals surface area contributed by atoms with Crippen LogP contribution in [0.3, 0.4) is 0 Å². The van der Waals surface area contributed by atoms with Crippen molar-refractivity contribution in [3.63, 3.8) is 0 Å². The molecule has 2 aromatic rings. The quantitative estimate of drug-likeness (QED) is 0.423. The summed E-state index contributed by atoms with van der Waals surface area (Å²) in [5.74, 6) is -5.72. The molecule has 31 heavy (non-hydrogen) atoms. The van der Waals surface area contributed by atoms with E-state index in [1.54, 1.807) is 30.3 Å². The number of nitrogens with one attached hydrogen (secondary N) is 1. The highest BCUT2D eigenvalue weighted by Gasteiger charge is 2.57. The second-order valence-electron chi connectivity index (χ2n) is 7.14. The van der Waals surface area contributed by atoms with E-state index in [-0.39, 0.29) is 24.1 Å². The Morgan fingerprint density at radius 3 is 2.45 bits per heavy atom. The van der Waals surface area contributed by atoms with E-state index in [2.05, 4.69) is 5.32 Å². The SMILES string of the molecule is COc1cc(C(O)CNC(C)Cc2ccc3c(c2)OC(C(=O)O)(C(=O)O)O3)ccc1Cl. The van der Waals surface area contributed by atoms with Crippen molar-refractivity contribution in [3.05, 3.63) is 52.5 Å². The summed E-state index contributed by atoms with van der Waals surface area (Å²) in [4.78, 5) is 22.7. The summed E-state index contributed by atoms with van der Waals surface area (Å²) < 4.78 is 15.3. The van der Waals surface area contributed by atoms with Gasteiger partial charge in [-0.15, -0.1) is 0 Å². The van der Waals surface area contributed by atoms with Crippen molar-refractivity contribution in [1.29, 1.82) is 0 Å². The van der Waals surface area contributed by atoms with Crippen LogP contribution in [0.5, 0.6) is 17.2 Å². The lowest BCUT2D eigenvalue weighted by molar-refractivity contribution is -0.194. The van der Waals surface area contributed by atoms with Crippen LogP contribution in [0.4, 0.5) is 0 Å². The molecule has 1 heterocycles. The van der Waals surface area contributed by atoms with Crippen LogP contribution in [0, 0.1) is 0 Å². The Labute approximate surface area is 183 Å². The summed E-state index contributed by atoms with van der Waals surface area (Å²) >= 11 is 6.00. The van der Waals surface area contributed by atoms with Crippen LogP contribution < -0.4 is 19.5 Å². The molecule has 0 saturated heterocycles. The molecule has 0 aromatic heterocycles. The molecule has 166 valence electrons. The first-order chi connectivity index (χ1) is 14.7. The zero-order valence-corrected chi connectivity index (χ0v) is 17.5. The fourth-order valence-corrected chi connectivity index (χ4v) is 3.37. The molecule has 2 atom stereocenters. The van der Waals surface area contributed by atoms with Gasteiger partial charge in [0.15, 0.2) is 11.5 Å². The molecule has 0 spiro atoms. The van der Waals surface area contributed by atoms with Crippen LogP contribution in [0.25, 0.3) is 0 Å². The molecule has 9 nitrogen and oxygen atoms in total. The van der Waals surface area contributed by atoms with Crippen molar-refractivity contribution in [2.75, 3.05) is 13.7 Å². The maximum Gasteiger partial charge on any atom is 0.453 e. The zero-order chi connectivity index (χ0) is 22.8. The van der Waals surface area contributed by atoms with E-state index in [9.17, 15) is 24.9 Å². The van der Waals surface area contributed by atoms with Crippen molar-refractivity contribution in [3.8, 4) is 17.2 Å². The fraction of sp³-hybridized carbons (Fsp3) is 0.333. The lowest BCUT2D eigenvalue weighted by Gasteiger charge is -2.18. The monoisotopic (exact) mass is 451 g/mol. The highest BCUT2D eigenvalue weighted by atomic mass is 35.5. The van der Waals surface area contributed by atoms with E-state index in [0.29, 0.717) is 22.8 Å². The van der Waals surface area contributed by atoms with E-state index < -0.39 is 23.8 Å². The first kappa shape index (κ1) is 22.7. The number of benzene rings is 2. The van der Waals surface area contributed by atoms with E-state index in [1.165, 1.54) is 13.2 Å². The number of fused-ring (bicyclic) bond motifs is 1. The number of hydrogen-bond acceptors (Lipinski definition) is 7. The number of rotatable bonds is 9. The molecule has 0 radical (unpaired) electrons. The number of hydrogen-bond donors (Lipinski definition) is 4. The second kappa shape index (κ2) is 9.01. The highest BCUT2D eigenvalue weighted by molar-refractivity contribution is 6.32. The number of aliphatic hydroxyl groups is 1. The lowest BCUT2D eigenvalue weighted by atomic mass is 10.1. The Balaban J connectivity index is 1.61. The lowest BCUT2D eigenvalue weighted by Crippen LogP contribution is -2.54. The molecule has 0 saturated carbocycles. The first-order valence-electron chi connectivity index (χ1n) is 9.39. The molecule has 0 bridgehead atoms. The van der Waals surface area contributed by atoms with E-state index >= 15 is 0 Å². The van der Waals surface area contributed by atoms with Crippen molar-refractivity contribution in [2.45, 2.75) is 31.3 Å². The number of carboxylic acid groups (broad SMARTS) is 2. The molecule has 0 amide bonds. The van der Waals surface area contributed by atoms with Gasteiger partial charge in [0, 0.05) is 12.6 Å². The van der Waals surface area contributed by atoms with E-state index in [1.807, 2.05) is 6.92 Å². The van der Waals surface area contributed by atoms with Gasteiger partial charge in [0.25, 0.3) is 0 Å². The number of carbonyl (C=O) groups is 2. The molecule has 3 rings (SSSR count). The maximum absolute atomic E-state index is 11.3. The zero-order valence-electron chi connectivity index (χ0n) is 16.8. The van der Waals surface area contributed by atoms with E-state index in [0.717, 1.165) is 5.56 Å². The Kier molecular flexibility index (Phi) is 6.59. The van der Waals surface area contributed by atoms with Crippen LogP contribution in [-0.4, -0.2) is 52.7 Å². The van der Waals surface area contributed by atoms with Gasteiger partial charge in [-0.25, -0.2) is 9.59 Å². The summed E-state index contributed by atoms with van der Waals surface area (Å²) in [5.41, 5.74) is 1.43. The molecule has 4 N–H and O–H groups in total. The van der Waals surface area contributed by atoms with Crippen molar-refractivity contribution < 1.29 is 39.1 Å². The highest BCUT2D eigenvalue weighted by Crippen LogP contribution is 2.40.